The van der Waals surface area contributed by atoms with Crippen molar-refractivity contribution in [3.05, 3.63) is 53.7 Å². The van der Waals surface area contributed by atoms with Gasteiger partial charge in [0.25, 0.3) is 0 Å². The lowest BCUT2D eigenvalue weighted by Crippen LogP contribution is -2.48. The van der Waals surface area contributed by atoms with E-state index in [0.717, 1.165) is 30.3 Å². The van der Waals surface area contributed by atoms with Crippen molar-refractivity contribution in [3.63, 3.8) is 0 Å². The van der Waals surface area contributed by atoms with Gasteiger partial charge in [0.15, 0.2) is 9.84 Å². The minimum Gasteiger partial charge on any atom is -0.297 e. The normalized spacial score (nSPS) is 17.9. The zero-order chi connectivity index (χ0) is 24.8. The quantitative estimate of drug-likeness (QED) is 0.492. The third-order valence-electron chi connectivity index (χ3n) is 5.92. The average molecular weight is 511 g/mol. The summed E-state index contributed by atoms with van der Waals surface area (Å²) in [6.07, 6.45) is -8.78. The highest BCUT2D eigenvalue weighted by molar-refractivity contribution is 7.92. The maximum absolute atomic E-state index is 13.2. The molecule has 0 saturated carbocycles. The van der Waals surface area contributed by atoms with Crippen LogP contribution in [-0.4, -0.2) is 30.6 Å². The Balaban J connectivity index is 0.00000408. The summed E-state index contributed by atoms with van der Waals surface area (Å²) in [6, 6.07) is 5.28. The number of nitrogens with zero attached hydrogens (tertiary/aromatic N) is 2. The molecule has 1 aliphatic heterocycles. The van der Waals surface area contributed by atoms with Gasteiger partial charge in [0.2, 0.25) is 5.91 Å². The minimum atomic E-state index is -4.72. The second-order valence-corrected chi connectivity index (χ2v) is 10.8. The Kier molecular flexibility index (Phi) is 7.47. The molecule has 0 N–H and O–H groups in total. The highest BCUT2D eigenvalue weighted by atomic mass is 32.2. The van der Waals surface area contributed by atoms with E-state index in [1.165, 1.54) is 18.7 Å². The van der Waals surface area contributed by atoms with Crippen molar-refractivity contribution in [1.82, 2.24) is 4.98 Å². The van der Waals surface area contributed by atoms with Gasteiger partial charge < -0.3 is 0 Å². The summed E-state index contributed by atoms with van der Waals surface area (Å²) in [4.78, 5) is 17.1. The molecule has 1 fully saturated rings. The van der Waals surface area contributed by atoms with E-state index in [4.69, 9.17) is 0 Å². The second-order valence-electron chi connectivity index (χ2n) is 8.27. The summed E-state index contributed by atoms with van der Waals surface area (Å²) in [5.41, 5.74) is -2.07. The standard InChI is InChI=1S/C21H20F6N2O3S.CH4/c1-19(2,33(31,32)16-5-3-4-14(10-16)20(22,23)24)13-8-9-29(18(30)11-13)17-7-6-15(12-28-17)21(25,26)27;/h3-7,10,12-13H,8-9,11H2,1-2H3;1H4/t13-;/m1./s1. The molecule has 0 bridgehead atoms. The second kappa shape index (κ2) is 9.20. The number of halogens is 6. The maximum Gasteiger partial charge on any atom is 0.417 e. The predicted molar refractivity (Wildman–Crippen MR) is 114 cm³/mol. The number of rotatable bonds is 4. The fourth-order valence-corrected chi connectivity index (χ4v) is 5.53. The fraction of sp³-hybridized carbons (Fsp3) is 0.455. The van der Waals surface area contributed by atoms with E-state index < -0.39 is 54.8 Å². The number of anilines is 1. The molecule has 34 heavy (non-hydrogen) atoms. The van der Waals surface area contributed by atoms with Gasteiger partial charge >= 0.3 is 12.4 Å². The Morgan fingerprint density at radius 2 is 1.59 bits per heavy atom. The smallest absolute Gasteiger partial charge is 0.297 e. The van der Waals surface area contributed by atoms with Crippen molar-refractivity contribution >= 4 is 21.6 Å². The Labute approximate surface area is 193 Å². The molecular formula is C22H24F6N2O3S. The highest BCUT2D eigenvalue weighted by Gasteiger charge is 2.46. The minimum absolute atomic E-state index is 0. The first-order chi connectivity index (χ1) is 15.0. The lowest BCUT2D eigenvalue weighted by Gasteiger charge is -2.39. The first-order valence-electron chi connectivity index (χ1n) is 9.80. The Bertz CT molecular complexity index is 1140. The zero-order valence-electron chi connectivity index (χ0n) is 17.5. The number of alkyl halides is 6. The van der Waals surface area contributed by atoms with Crippen LogP contribution < -0.4 is 4.90 Å². The van der Waals surface area contributed by atoms with Crippen LogP contribution in [0.2, 0.25) is 0 Å². The van der Waals surface area contributed by atoms with E-state index in [0.29, 0.717) is 12.3 Å². The first-order valence-corrected chi connectivity index (χ1v) is 11.3. The van der Waals surface area contributed by atoms with Gasteiger partial charge in [0, 0.05) is 19.2 Å². The SMILES string of the molecule is C.CC(C)([C@@H]1CCN(c2ccc(C(F)(F)F)cn2)C(=O)C1)S(=O)(=O)c1cccc(C(F)(F)F)c1. The Morgan fingerprint density at radius 3 is 2.09 bits per heavy atom. The van der Waals surface area contributed by atoms with E-state index in [-0.39, 0.29) is 32.6 Å². The predicted octanol–water partition coefficient (Wildman–Crippen LogP) is 5.75. The van der Waals surface area contributed by atoms with Crippen molar-refractivity contribution in [2.75, 3.05) is 11.4 Å². The van der Waals surface area contributed by atoms with Crippen molar-refractivity contribution < 1.29 is 39.6 Å². The van der Waals surface area contributed by atoms with Crippen LogP contribution in [0, 0.1) is 5.92 Å². The number of sulfone groups is 1. The third kappa shape index (κ3) is 5.21. The van der Waals surface area contributed by atoms with Gasteiger partial charge in [-0.25, -0.2) is 13.4 Å². The largest absolute Gasteiger partial charge is 0.417 e. The Morgan fingerprint density at radius 1 is 0.971 bits per heavy atom. The topological polar surface area (TPSA) is 67.3 Å². The number of pyridine rings is 1. The summed E-state index contributed by atoms with van der Waals surface area (Å²) >= 11 is 0. The maximum atomic E-state index is 13.2. The number of aromatic nitrogens is 1. The van der Waals surface area contributed by atoms with Crippen LogP contribution in [0.25, 0.3) is 0 Å². The van der Waals surface area contributed by atoms with E-state index in [2.05, 4.69) is 4.98 Å². The van der Waals surface area contributed by atoms with Gasteiger partial charge in [-0.15, -0.1) is 0 Å². The van der Waals surface area contributed by atoms with Crippen LogP contribution in [0.5, 0.6) is 0 Å². The molecular weight excluding hydrogens is 486 g/mol. The van der Waals surface area contributed by atoms with Gasteiger partial charge in [0.1, 0.15) is 5.82 Å². The molecule has 5 nitrogen and oxygen atoms in total. The molecule has 2 aromatic rings. The monoisotopic (exact) mass is 510 g/mol. The molecule has 1 saturated heterocycles. The lowest BCUT2D eigenvalue weighted by atomic mass is 9.85. The average Bonchev–Trinajstić information content (AvgIpc) is 2.72. The molecule has 188 valence electrons. The molecule has 0 radical (unpaired) electrons. The van der Waals surface area contributed by atoms with Gasteiger partial charge in [-0.3, -0.25) is 9.69 Å². The van der Waals surface area contributed by atoms with Crippen LogP contribution in [0.15, 0.2) is 47.5 Å². The molecule has 3 rings (SSSR count). The molecule has 1 amide bonds. The highest BCUT2D eigenvalue weighted by Crippen LogP contribution is 2.40. The van der Waals surface area contributed by atoms with E-state index in [9.17, 15) is 39.6 Å². The number of piperidine rings is 1. The van der Waals surface area contributed by atoms with Crippen LogP contribution in [0.3, 0.4) is 0 Å². The lowest BCUT2D eigenvalue weighted by molar-refractivity contribution is -0.138. The number of benzene rings is 1. The summed E-state index contributed by atoms with van der Waals surface area (Å²) in [5, 5.41) is 0. The van der Waals surface area contributed by atoms with E-state index >= 15 is 0 Å². The molecule has 2 heterocycles. The van der Waals surface area contributed by atoms with Crippen LogP contribution in [0.4, 0.5) is 32.2 Å². The van der Waals surface area contributed by atoms with E-state index in [1.54, 1.807) is 0 Å². The molecule has 0 spiro atoms. The first kappa shape index (κ1) is 27.6. The Hall–Kier alpha value is -2.63. The van der Waals surface area contributed by atoms with Crippen molar-refractivity contribution in [2.24, 2.45) is 5.92 Å². The van der Waals surface area contributed by atoms with Crippen molar-refractivity contribution in [3.8, 4) is 0 Å². The summed E-state index contributed by atoms with van der Waals surface area (Å²) in [5.74, 6) is -1.26. The van der Waals surface area contributed by atoms with Crippen molar-refractivity contribution in [1.29, 1.82) is 0 Å². The summed E-state index contributed by atoms with van der Waals surface area (Å²) < 4.78 is 102. The third-order valence-corrected chi connectivity index (χ3v) is 8.52. The van der Waals surface area contributed by atoms with Crippen molar-refractivity contribution in [2.45, 2.75) is 56.1 Å². The fourth-order valence-electron chi connectivity index (χ4n) is 3.74. The van der Waals surface area contributed by atoms with Gasteiger partial charge in [-0.2, -0.15) is 26.3 Å². The van der Waals surface area contributed by atoms with Gasteiger partial charge in [-0.05, 0) is 56.5 Å². The molecule has 1 atom stereocenters. The zero-order valence-corrected chi connectivity index (χ0v) is 18.4. The number of carbonyl (C=O) groups is 1. The molecule has 0 aliphatic carbocycles. The van der Waals surface area contributed by atoms with Gasteiger partial charge in [0.05, 0.1) is 20.8 Å². The number of hydrogen-bond donors (Lipinski definition) is 0. The molecule has 1 aromatic carbocycles. The summed E-state index contributed by atoms with van der Waals surface area (Å²) in [7, 11) is -4.26. The number of hydrogen-bond acceptors (Lipinski definition) is 4. The molecule has 12 heteroatoms. The molecule has 0 unspecified atom stereocenters. The van der Waals surface area contributed by atoms with Crippen LogP contribution >= 0.6 is 0 Å². The van der Waals surface area contributed by atoms with Gasteiger partial charge in [-0.1, -0.05) is 13.5 Å². The van der Waals surface area contributed by atoms with E-state index in [1.807, 2.05) is 0 Å². The number of carbonyl (C=O) groups excluding carboxylic acids is 1. The van der Waals surface area contributed by atoms with Crippen LogP contribution in [-0.2, 0) is 27.0 Å². The molecule has 1 aliphatic rings. The molecule has 1 aromatic heterocycles. The van der Waals surface area contributed by atoms with Crippen LogP contribution in [0.1, 0.15) is 45.2 Å². The number of amides is 1. The summed E-state index contributed by atoms with van der Waals surface area (Å²) in [6.45, 7) is 2.71.